The number of rotatable bonds is 5. The zero-order chi connectivity index (χ0) is 12.1. The number of aromatic nitrogens is 3. The minimum absolute atomic E-state index is 0.855. The number of hydrogen-bond donors (Lipinski definition) is 1. The van der Waals surface area contributed by atoms with Gasteiger partial charge < -0.3 is 5.32 Å². The lowest BCUT2D eigenvalue weighted by molar-refractivity contribution is 0.688. The predicted octanol–water partition coefficient (Wildman–Crippen LogP) is 1.88. The van der Waals surface area contributed by atoms with Crippen LogP contribution in [0.25, 0.3) is 0 Å². The van der Waals surface area contributed by atoms with Crippen molar-refractivity contribution in [3.63, 3.8) is 0 Å². The van der Waals surface area contributed by atoms with E-state index < -0.39 is 0 Å². The summed E-state index contributed by atoms with van der Waals surface area (Å²) in [6.45, 7) is 5.91. The Kier molecular flexibility index (Phi) is 4.17. The van der Waals surface area contributed by atoms with Gasteiger partial charge in [-0.2, -0.15) is 0 Å². The quantitative estimate of drug-likeness (QED) is 0.821. The number of pyridine rings is 1. The zero-order valence-corrected chi connectivity index (χ0v) is 10.9. The highest BCUT2D eigenvalue weighted by Crippen LogP contribution is 2.08. The maximum Gasteiger partial charge on any atom is 0.0769 e. The molecule has 0 atom stereocenters. The SMILES string of the molecule is Cc1cnccc1CCNCc1snnc1C. The molecular formula is C12H16N4S. The Morgan fingerprint density at radius 3 is 2.94 bits per heavy atom. The molecule has 17 heavy (non-hydrogen) atoms. The van der Waals surface area contributed by atoms with Crippen molar-refractivity contribution >= 4 is 11.5 Å². The van der Waals surface area contributed by atoms with Crippen molar-refractivity contribution in [3.05, 3.63) is 40.2 Å². The third-order valence-corrected chi connectivity index (χ3v) is 3.56. The first kappa shape index (κ1) is 12.1. The van der Waals surface area contributed by atoms with Gasteiger partial charge >= 0.3 is 0 Å². The minimum Gasteiger partial charge on any atom is -0.311 e. The van der Waals surface area contributed by atoms with Crippen molar-refractivity contribution in [3.8, 4) is 0 Å². The van der Waals surface area contributed by atoms with E-state index in [1.165, 1.54) is 27.5 Å². The van der Waals surface area contributed by atoms with E-state index in [1.54, 1.807) is 0 Å². The molecule has 0 fully saturated rings. The second kappa shape index (κ2) is 5.84. The molecule has 0 amide bonds. The molecular weight excluding hydrogens is 232 g/mol. The van der Waals surface area contributed by atoms with Crippen molar-refractivity contribution in [2.45, 2.75) is 26.8 Å². The van der Waals surface area contributed by atoms with Gasteiger partial charge in [-0.3, -0.25) is 4.98 Å². The van der Waals surface area contributed by atoms with E-state index in [0.29, 0.717) is 0 Å². The Morgan fingerprint density at radius 2 is 2.24 bits per heavy atom. The van der Waals surface area contributed by atoms with Crippen molar-refractivity contribution in [1.29, 1.82) is 0 Å². The molecule has 0 aromatic carbocycles. The number of hydrogen-bond acceptors (Lipinski definition) is 5. The van der Waals surface area contributed by atoms with E-state index in [0.717, 1.165) is 25.2 Å². The van der Waals surface area contributed by atoms with Crippen LogP contribution >= 0.6 is 11.5 Å². The standard InChI is InChI=1S/C12H16N4S/c1-9-7-13-5-3-11(9)4-6-14-8-12-10(2)15-16-17-12/h3,5,7,14H,4,6,8H2,1-2H3. The van der Waals surface area contributed by atoms with Crippen molar-refractivity contribution < 1.29 is 0 Å². The fourth-order valence-electron chi connectivity index (χ4n) is 1.62. The van der Waals surface area contributed by atoms with Gasteiger partial charge in [-0.25, -0.2) is 0 Å². The van der Waals surface area contributed by atoms with Crippen molar-refractivity contribution in [2.24, 2.45) is 0 Å². The third-order valence-electron chi connectivity index (χ3n) is 2.74. The summed E-state index contributed by atoms with van der Waals surface area (Å²) >= 11 is 1.47. The molecule has 0 saturated carbocycles. The lowest BCUT2D eigenvalue weighted by atomic mass is 10.1. The molecule has 5 heteroatoms. The fourth-order valence-corrected chi connectivity index (χ4v) is 2.22. The molecule has 0 unspecified atom stereocenters. The highest BCUT2D eigenvalue weighted by atomic mass is 32.1. The summed E-state index contributed by atoms with van der Waals surface area (Å²) < 4.78 is 3.92. The maximum absolute atomic E-state index is 4.09. The van der Waals surface area contributed by atoms with Crippen LogP contribution in [0.1, 0.15) is 21.7 Å². The van der Waals surface area contributed by atoms with Crippen LogP contribution < -0.4 is 5.32 Å². The average Bonchev–Trinajstić information content (AvgIpc) is 2.73. The molecule has 1 N–H and O–H groups in total. The summed E-state index contributed by atoms with van der Waals surface area (Å²) in [7, 11) is 0. The number of nitrogens with one attached hydrogen (secondary N) is 1. The fraction of sp³-hybridized carbons (Fsp3) is 0.417. The van der Waals surface area contributed by atoms with E-state index in [2.05, 4.69) is 32.9 Å². The Morgan fingerprint density at radius 1 is 1.35 bits per heavy atom. The van der Waals surface area contributed by atoms with Gasteiger partial charge in [-0.05, 0) is 55.5 Å². The smallest absolute Gasteiger partial charge is 0.0769 e. The molecule has 0 aliphatic heterocycles. The topological polar surface area (TPSA) is 50.7 Å². The first-order valence-electron chi connectivity index (χ1n) is 5.65. The second-order valence-corrected chi connectivity index (χ2v) is 4.85. The molecule has 2 heterocycles. The Bertz CT molecular complexity index is 481. The van der Waals surface area contributed by atoms with Crippen molar-refractivity contribution in [2.75, 3.05) is 6.54 Å². The molecule has 0 aliphatic carbocycles. The van der Waals surface area contributed by atoms with E-state index in [9.17, 15) is 0 Å². The van der Waals surface area contributed by atoms with Gasteiger partial charge in [0.2, 0.25) is 0 Å². The van der Waals surface area contributed by atoms with Crippen LogP contribution in [0.2, 0.25) is 0 Å². The van der Waals surface area contributed by atoms with Gasteiger partial charge in [0.25, 0.3) is 0 Å². The normalized spacial score (nSPS) is 10.7. The van der Waals surface area contributed by atoms with Crippen LogP contribution in [0.3, 0.4) is 0 Å². The molecule has 0 aliphatic rings. The van der Waals surface area contributed by atoms with Gasteiger partial charge in [-0.1, -0.05) is 4.49 Å². The molecule has 2 aromatic rings. The van der Waals surface area contributed by atoms with E-state index in [1.807, 2.05) is 19.3 Å². The Balaban J connectivity index is 1.77. The summed E-state index contributed by atoms with van der Waals surface area (Å²) in [6.07, 6.45) is 4.78. The summed E-state index contributed by atoms with van der Waals surface area (Å²) in [6, 6.07) is 2.08. The van der Waals surface area contributed by atoms with Gasteiger partial charge in [0, 0.05) is 18.9 Å². The van der Waals surface area contributed by atoms with Gasteiger partial charge in [0.1, 0.15) is 0 Å². The van der Waals surface area contributed by atoms with Crippen LogP contribution in [-0.2, 0) is 13.0 Å². The molecule has 2 aromatic heterocycles. The van der Waals surface area contributed by atoms with Crippen LogP contribution in [0.4, 0.5) is 0 Å². The van der Waals surface area contributed by atoms with Crippen LogP contribution in [0, 0.1) is 13.8 Å². The lowest BCUT2D eigenvalue weighted by Gasteiger charge is -2.05. The third kappa shape index (κ3) is 3.31. The average molecular weight is 248 g/mol. The Labute approximate surface area is 105 Å². The molecule has 0 bridgehead atoms. The van der Waals surface area contributed by atoms with Gasteiger partial charge in [-0.15, -0.1) is 5.10 Å². The van der Waals surface area contributed by atoms with Gasteiger partial charge in [0.15, 0.2) is 0 Å². The minimum atomic E-state index is 0.855. The molecule has 0 saturated heterocycles. The summed E-state index contributed by atoms with van der Waals surface area (Å²) in [4.78, 5) is 5.31. The lowest BCUT2D eigenvalue weighted by Crippen LogP contribution is -2.16. The first-order valence-corrected chi connectivity index (χ1v) is 6.42. The molecule has 90 valence electrons. The molecule has 0 radical (unpaired) electrons. The van der Waals surface area contributed by atoms with Crippen molar-refractivity contribution in [1.82, 2.24) is 19.9 Å². The highest BCUT2D eigenvalue weighted by molar-refractivity contribution is 7.05. The monoisotopic (exact) mass is 248 g/mol. The second-order valence-electron chi connectivity index (χ2n) is 4.01. The number of nitrogens with zero attached hydrogens (tertiary/aromatic N) is 3. The number of aryl methyl sites for hydroxylation is 2. The molecule has 0 spiro atoms. The first-order chi connectivity index (χ1) is 8.27. The summed E-state index contributed by atoms with van der Waals surface area (Å²) in [5.74, 6) is 0. The van der Waals surface area contributed by atoms with E-state index in [4.69, 9.17) is 0 Å². The van der Waals surface area contributed by atoms with E-state index >= 15 is 0 Å². The largest absolute Gasteiger partial charge is 0.311 e. The van der Waals surface area contributed by atoms with Gasteiger partial charge in [0.05, 0.1) is 10.6 Å². The van der Waals surface area contributed by atoms with Crippen LogP contribution in [0.15, 0.2) is 18.5 Å². The highest BCUT2D eigenvalue weighted by Gasteiger charge is 2.02. The van der Waals surface area contributed by atoms with Crippen LogP contribution in [-0.4, -0.2) is 21.1 Å². The molecule has 2 rings (SSSR count). The summed E-state index contributed by atoms with van der Waals surface area (Å²) in [5.41, 5.74) is 3.64. The van der Waals surface area contributed by atoms with Crippen LogP contribution in [0.5, 0.6) is 0 Å². The predicted molar refractivity (Wildman–Crippen MR) is 69.0 cm³/mol. The maximum atomic E-state index is 4.09. The van der Waals surface area contributed by atoms with E-state index in [-0.39, 0.29) is 0 Å². The molecule has 4 nitrogen and oxygen atoms in total. The Hall–Kier alpha value is -1.33. The zero-order valence-electron chi connectivity index (χ0n) is 10.1. The summed E-state index contributed by atoms with van der Waals surface area (Å²) in [5, 5.41) is 7.40.